The van der Waals surface area contributed by atoms with Crippen molar-refractivity contribution >= 4 is 23.0 Å². The Morgan fingerprint density at radius 3 is 2.48 bits per heavy atom. The van der Waals surface area contributed by atoms with Crippen LogP contribution in [0.15, 0.2) is 28.3 Å². The van der Waals surface area contributed by atoms with Gasteiger partial charge >= 0.3 is 0 Å². The first kappa shape index (κ1) is 25.1. The number of aliphatic hydroxyl groups is 1. The van der Waals surface area contributed by atoms with Crippen LogP contribution in [0.5, 0.6) is 0 Å². The molecular weight excluding hydrogens is 386 g/mol. The van der Waals surface area contributed by atoms with Gasteiger partial charge in [-0.2, -0.15) is 0 Å². The van der Waals surface area contributed by atoms with Crippen LogP contribution in [0.3, 0.4) is 0 Å². The van der Waals surface area contributed by atoms with E-state index in [4.69, 9.17) is 5.73 Å². The fraction of sp³-hybridized carbons (Fsp3) is 0.545. The molecule has 0 spiro atoms. The highest BCUT2D eigenvalue weighted by Gasteiger charge is 2.22. The summed E-state index contributed by atoms with van der Waals surface area (Å²) in [6.45, 7) is 13.0. The smallest absolute Gasteiger partial charge is 0.252 e. The van der Waals surface area contributed by atoms with E-state index in [1.807, 2.05) is 19.2 Å². The average molecular weight is 422 g/mol. The molecule has 0 aliphatic heterocycles. The van der Waals surface area contributed by atoms with Gasteiger partial charge < -0.3 is 16.2 Å². The van der Waals surface area contributed by atoms with Gasteiger partial charge in [0.05, 0.1) is 12.2 Å². The van der Waals surface area contributed by atoms with Gasteiger partial charge in [-0.1, -0.05) is 6.92 Å². The lowest BCUT2D eigenvalue weighted by atomic mass is 10.0. The second-order valence-corrected chi connectivity index (χ2v) is 8.27. The quantitative estimate of drug-likeness (QED) is 0.376. The van der Waals surface area contributed by atoms with Gasteiger partial charge in [-0.25, -0.2) is 0 Å². The molecule has 4 N–H and O–H groups in total. The summed E-state index contributed by atoms with van der Waals surface area (Å²) in [7, 11) is 0. The van der Waals surface area contributed by atoms with Crippen LogP contribution in [-0.4, -0.2) is 47.9 Å². The maximum absolute atomic E-state index is 12.8. The number of hydrogen-bond acceptors (Lipinski definition) is 6. The summed E-state index contributed by atoms with van der Waals surface area (Å²) in [5.74, 6) is -0.280. The second kappa shape index (κ2) is 11.9. The highest BCUT2D eigenvalue weighted by atomic mass is 32.1. The summed E-state index contributed by atoms with van der Waals surface area (Å²) in [5, 5.41) is 14.1. The number of rotatable bonds is 11. The number of carbonyl (C=O) groups is 2. The zero-order valence-corrected chi connectivity index (χ0v) is 19.3. The number of ketones is 1. The van der Waals surface area contributed by atoms with Gasteiger partial charge in [0.2, 0.25) is 0 Å². The van der Waals surface area contributed by atoms with E-state index in [1.165, 1.54) is 6.92 Å². The maximum Gasteiger partial charge on any atom is 0.252 e. The largest absolute Gasteiger partial charge is 0.402 e. The Bertz CT molecular complexity index is 770. The molecule has 0 radical (unpaired) electrons. The van der Waals surface area contributed by atoms with Crippen LogP contribution in [0.4, 0.5) is 0 Å². The zero-order valence-electron chi connectivity index (χ0n) is 18.5. The van der Waals surface area contributed by atoms with E-state index < -0.39 is 0 Å². The topological polar surface area (TPSA) is 95.7 Å². The summed E-state index contributed by atoms with van der Waals surface area (Å²) in [6.07, 6.45) is 2.74. The second-order valence-electron chi connectivity index (χ2n) is 7.36. The summed E-state index contributed by atoms with van der Waals surface area (Å²) in [6, 6.07) is 0.126. The minimum Gasteiger partial charge on any atom is -0.402 e. The lowest BCUT2D eigenvalue weighted by Crippen LogP contribution is -2.31. The molecule has 1 aromatic rings. The molecule has 1 aromatic heterocycles. The number of carbonyl (C=O) groups excluding carboxylic acids is 2. The Morgan fingerprint density at radius 2 is 1.97 bits per heavy atom. The van der Waals surface area contributed by atoms with E-state index in [2.05, 4.69) is 24.1 Å². The fourth-order valence-corrected chi connectivity index (χ4v) is 4.54. The van der Waals surface area contributed by atoms with Gasteiger partial charge in [-0.05, 0) is 64.8 Å². The molecule has 0 aliphatic carbocycles. The molecule has 0 saturated heterocycles. The predicted octanol–water partition coefficient (Wildman–Crippen LogP) is 3.32. The minimum absolute atomic E-state index is 0.0872. The fourth-order valence-electron chi connectivity index (χ4n) is 3.38. The molecule has 0 fully saturated rings. The third-order valence-corrected chi connectivity index (χ3v) is 6.17. The average Bonchev–Trinajstić information content (AvgIpc) is 3.01. The van der Waals surface area contributed by atoms with Crippen molar-refractivity contribution in [2.45, 2.75) is 54.0 Å². The third kappa shape index (κ3) is 7.10. The van der Waals surface area contributed by atoms with Crippen molar-refractivity contribution in [3.05, 3.63) is 44.3 Å². The summed E-state index contributed by atoms with van der Waals surface area (Å²) in [5.41, 5.74) is 9.19. The molecule has 0 aromatic carbocycles. The number of Topliss-reactive ketones (excluding diaryl/α,β-unsaturated/α-hetero) is 1. The first-order valence-electron chi connectivity index (χ1n) is 9.99. The number of nitrogens with two attached hydrogens (primary N) is 1. The highest BCUT2D eigenvalue weighted by Crippen LogP contribution is 2.31. The standard InChI is InChI=1S/C22H35N3O3S/c1-7-8-25(9-10-26)17(5)21-16(4)20(13-29-21)22(28)24-12-19(18(6)27)14(2)11-15(3)23/h11,13,17,26H,7-10,12,23H2,1-6H3,(H,24,28)/b15-11-,19-14-. The summed E-state index contributed by atoms with van der Waals surface area (Å²) >= 11 is 1.56. The Kier molecular flexibility index (Phi) is 10.3. The molecule has 1 atom stereocenters. The molecule has 7 heteroatoms. The van der Waals surface area contributed by atoms with E-state index in [9.17, 15) is 14.7 Å². The monoisotopic (exact) mass is 421 g/mol. The molecule has 1 amide bonds. The molecule has 29 heavy (non-hydrogen) atoms. The highest BCUT2D eigenvalue weighted by molar-refractivity contribution is 7.10. The van der Waals surface area contributed by atoms with Gasteiger partial charge in [-0.15, -0.1) is 11.3 Å². The molecule has 0 bridgehead atoms. The number of hydrogen-bond donors (Lipinski definition) is 3. The first-order chi connectivity index (χ1) is 13.6. The van der Waals surface area contributed by atoms with Gasteiger partial charge in [0, 0.05) is 40.7 Å². The Labute approximate surface area is 178 Å². The van der Waals surface area contributed by atoms with Crippen LogP contribution < -0.4 is 11.1 Å². The van der Waals surface area contributed by atoms with Crippen molar-refractivity contribution < 1.29 is 14.7 Å². The van der Waals surface area contributed by atoms with Crippen LogP contribution in [-0.2, 0) is 4.79 Å². The third-order valence-electron chi connectivity index (χ3n) is 4.92. The van der Waals surface area contributed by atoms with Gasteiger partial charge in [0.1, 0.15) is 0 Å². The number of thiophene rings is 1. The van der Waals surface area contributed by atoms with Crippen molar-refractivity contribution in [2.24, 2.45) is 5.73 Å². The molecular formula is C22H35N3O3S. The van der Waals surface area contributed by atoms with E-state index in [-0.39, 0.29) is 30.9 Å². The van der Waals surface area contributed by atoms with E-state index in [0.29, 0.717) is 23.4 Å². The first-order valence-corrected chi connectivity index (χ1v) is 10.9. The summed E-state index contributed by atoms with van der Waals surface area (Å²) in [4.78, 5) is 28.1. The van der Waals surface area contributed by atoms with E-state index in [0.717, 1.165) is 29.0 Å². The maximum atomic E-state index is 12.8. The van der Waals surface area contributed by atoms with Crippen molar-refractivity contribution in [3.8, 4) is 0 Å². The van der Waals surface area contributed by atoms with E-state index in [1.54, 1.807) is 24.3 Å². The molecule has 1 heterocycles. The lowest BCUT2D eigenvalue weighted by molar-refractivity contribution is -0.113. The predicted molar refractivity (Wildman–Crippen MR) is 120 cm³/mol. The van der Waals surface area contributed by atoms with Crippen LogP contribution >= 0.6 is 11.3 Å². The van der Waals surface area contributed by atoms with Gasteiger partial charge in [0.25, 0.3) is 5.91 Å². The van der Waals surface area contributed by atoms with E-state index >= 15 is 0 Å². The number of allylic oxidation sites excluding steroid dienone is 3. The molecule has 0 saturated carbocycles. The molecule has 1 rings (SSSR count). The zero-order chi connectivity index (χ0) is 22.1. The Morgan fingerprint density at radius 1 is 1.31 bits per heavy atom. The van der Waals surface area contributed by atoms with Gasteiger partial charge in [0.15, 0.2) is 5.78 Å². The molecule has 162 valence electrons. The Hall–Kier alpha value is -1.96. The normalized spacial score (nSPS) is 14.0. The number of aliphatic hydroxyl groups excluding tert-OH is 1. The number of amides is 1. The van der Waals surface area contributed by atoms with Crippen molar-refractivity contribution in [1.29, 1.82) is 0 Å². The van der Waals surface area contributed by atoms with Gasteiger partial charge in [-0.3, -0.25) is 14.5 Å². The van der Waals surface area contributed by atoms with Crippen LogP contribution in [0.2, 0.25) is 0 Å². The Balaban J connectivity index is 2.99. The van der Waals surface area contributed by atoms with Crippen LogP contribution in [0, 0.1) is 6.92 Å². The molecule has 1 unspecified atom stereocenters. The summed E-state index contributed by atoms with van der Waals surface area (Å²) < 4.78 is 0. The van der Waals surface area contributed by atoms with Crippen molar-refractivity contribution in [1.82, 2.24) is 10.2 Å². The SMILES string of the molecule is CCCN(CCO)C(C)c1scc(C(=O)NC/C(C(C)=O)=C(C)/C=C(/C)N)c1C. The molecule has 0 aliphatic rings. The van der Waals surface area contributed by atoms with Crippen LogP contribution in [0.25, 0.3) is 0 Å². The number of nitrogens with one attached hydrogen (secondary N) is 1. The number of nitrogens with zero attached hydrogens (tertiary/aromatic N) is 1. The van der Waals surface area contributed by atoms with Crippen LogP contribution in [0.1, 0.15) is 67.9 Å². The van der Waals surface area contributed by atoms with Crippen molar-refractivity contribution in [2.75, 3.05) is 26.2 Å². The van der Waals surface area contributed by atoms with Crippen molar-refractivity contribution in [3.63, 3.8) is 0 Å². The molecule has 6 nitrogen and oxygen atoms in total. The minimum atomic E-state index is -0.193. The lowest BCUT2D eigenvalue weighted by Gasteiger charge is -2.28.